The fourth-order valence-corrected chi connectivity index (χ4v) is 2.77. The van der Waals surface area contributed by atoms with Crippen molar-refractivity contribution in [3.8, 4) is 23.0 Å². The van der Waals surface area contributed by atoms with Gasteiger partial charge < -0.3 is 14.4 Å². The summed E-state index contributed by atoms with van der Waals surface area (Å²) in [5.41, 5.74) is 0.508. The van der Waals surface area contributed by atoms with Gasteiger partial charge >= 0.3 is 0 Å². The molecule has 1 aliphatic carbocycles. The third-order valence-corrected chi connectivity index (χ3v) is 3.94. The molecular weight excluding hydrogens is 256 g/mol. The lowest BCUT2D eigenvalue weighted by Crippen LogP contribution is -1.96. The summed E-state index contributed by atoms with van der Waals surface area (Å²) in [7, 11) is 1.58. The van der Waals surface area contributed by atoms with E-state index in [1.54, 1.807) is 25.3 Å². The fourth-order valence-electron chi connectivity index (χ4n) is 2.77. The van der Waals surface area contributed by atoms with Crippen molar-refractivity contribution in [3.05, 3.63) is 24.0 Å². The van der Waals surface area contributed by atoms with Gasteiger partial charge in [0, 0.05) is 5.92 Å². The van der Waals surface area contributed by atoms with Crippen molar-refractivity contribution in [2.45, 2.75) is 32.1 Å². The number of methoxy groups -OCH3 is 1. The third kappa shape index (κ3) is 2.35. The number of aromatic nitrogens is 2. The average molecular weight is 274 g/mol. The number of hydrogen-bond donors (Lipinski definition) is 1. The van der Waals surface area contributed by atoms with Gasteiger partial charge in [0.15, 0.2) is 5.82 Å². The Morgan fingerprint density at radius 1 is 1.35 bits per heavy atom. The molecule has 2 aromatic rings. The zero-order valence-electron chi connectivity index (χ0n) is 11.7. The molecule has 1 aromatic carbocycles. The van der Waals surface area contributed by atoms with Crippen LogP contribution >= 0.6 is 0 Å². The van der Waals surface area contributed by atoms with Crippen molar-refractivity contribution in [2.24, 2.45) is 5.92 Å². The highest BCUT2D eigenvalue weighted by molar-refractivity contribution is 5.64. The van der Waals surface area contributed by atoms with Gasteiger partial charge in [0.25, 0.3) is 5.89 Å². The molecule has 2 atom stereocenters. The van der Waals surface area contributed by atoms with E-state index in [4.69, 9.17) is 9.26 Å². The van der Waals surface area contributed by atoms with Gasteiger partial charge in [-0.1, -0.05) is 12.1 Å². The van der Waals surface area contributed by atoms with Crippen molar-refractivity contribution >= 4 is 0 Å². The van der Waals surface area contributed by atoms with Gasteiger partial charge in [0.1, 0.15) is 11.5 Å². The first-order chi connectivity index (χ1) is 9.67. The van der Waals surface area contributed by atoms with Gasteiger partial charge in [-0.3, -0.25) is 0 Å². The van der Waals surface area contributed by atoms with E-state index >= 15 is 0 Å². The minimum absolute atomic E-state index is 0.112. The summed E-state index contributed by atoms with van der Waals surface area (Å²) in [6.45, 7) is 2.24. The van der Waals surface area contributed by atoms with Crippen LogP contribution in [0.2, 0.25) is 0 Å². The molecule has 5 nitrogen and oxygen atoms in total. The van der Waals surface area contributed by atoms with Gasteiger partial charge in [-0.25, -0.2) is 0 Å². The molecule has 0 spiro atoms. The standard InChI is InChI=1S/C15H18N2O3/c1-9-3-4-10(7-9)14-16-15(20-17-14)12-8-11(19-2)5-6-13(12)18/h5-6,8-10,18H,3-4,7H2,1-2H3. The molecule has 1 saturated carbocycles. The molecule has 0 bridgehead atoms. The highest BCUT2D eigenvalue weighted by Crippen LogP contribution is 2.38. The highest BCUT2D eigenvalue weighted by Gasteiger charge is 2.27. The van der Waals surface area contributed by atoms with Crippen molar-refractivity contribution in [2.75, 3.05) is 7.11 Å². The molecule has 1 heterocycles. The second-order valence-electron chi connectivity index (χ2n) is 5.46. The molecule has 0 radical (unpaired) electrons. The van der Waals surface area contributed by atoms with Gasteiger partial charge in [-0.15, -0.1) is 0 Å². The van der Waals surface area contributed by atoms with E-state index in [0.29, 0.717) is 29.0 Å². The monoisotopic (exact) mass is 274 g/mol. The summed E-state index contributed by atoms with van der Waals surface area (Å²) >= 11 is 0. The predicted octanol–water partition coefficient (Wildman–Crippen LogP) is 3.35. The van der Waals surface area contributed by atoms with Crippen LogP contribution in [0.5, 0.6) is 11.5 Å². The average Bonchev–Trinajstić information content (AvgIpc) is 3.08. The second-order valence-corrected chi connectivity index (χ2v) is 5.46. The quantitative estimate of drug-likeness (QED) is 0.929. The molecule has 1 aliphatic rings. The number of benzene rings is 1. The van der Waals surface area contributed by atoms with Crippen LogP contribution < -0.4 is 4.74 Å². The molecule has 0 saturated heterocycles. The molecule has 106 valence electrons. The first kappa shape index (κ1) is 13.0. The van der Waals surface area contributed by atoms with Crippen LogP contribution in [-0.4, -0.2) is 22.4 Å². The summed E-state index contributed by atoms with van der Waals surface area (Å²) in [5.74, 6) is 2.93. The minimum atomic E-state index is 0.112. The topological polar surface area (TPSA) is 68.4 Å². The summed E-state index contributed by atoms with van der Waals surface area (Å²) in [5, 5.41) is 14.0. The number of nitrogens with zero attached hydrogens (tertiary/aromatic N) is 2. The molecule has 20 heavy (non-hydrogen) atoms. The molecular formula is C15H18N2O3. The minimum Gasteiger partial charge on any atom is -0.507 e. The third-order valence-electron chi connectivity index (χ3n) is 3.94. The molecule has 1 aromatic heterocycles. The first-order valence-corrected chi connectivity index (χ1v) is 6.88. The second kappa shape index (κ2) is 5.15. The molecule has 3 rings (SSSR count). The maximum Gasteiger partial charge on any atom is 0.261 e. The Hall–Kier alpha value is -2.04. The zero-order chi connectivity index (χ0) is 14.1. The van der Waals surface area contributed by atoms with E-state index in [0.717, 1.165) is 18.7 Å². The Labute approximate surface area is 117 Å². The Morgan fingerprint density at radius 3 is 2.90 bits per heavy atom. The lowest BCUT2D eigenvalue weighted by molar-refractivity contribution is 0.404. The summed E-state index contributed by atoms with van der Waals surface area (Å²) in [4.78, 5) is 4.44. The summed E-state index contributed by atoms with van der Waals surface area (Å²) in [6, 6.07) is 4.95. The van der Waals surface area contributed by atoms with Gasteiger partial charge in [-0.05, 0) is 43.4 Å². The smallest absolute Gasteiger partial charge is 0.261 e. The molecule has 1 fully saturated rings. The van der Waals surface area contributed by atoms with Gasteiger partial charge in [-0.2, -0.15) is 4.98 Å². The van der Waals surface area contributed by atoms with E-state index < -0.39 is 0 Å². The fraction of sp³-hybridized carbons (Fsp3) is 0.467. The van der Waals surface area contributed by atoms with E-state index in [9.17, 15) is 5.11 Å². The van der Waals surface area contributed by atoms with E-state index in [-0.39, 0.29) is 5.75 Å². The maximum absolute atomic E-state index is 9.92. The Morgan fingerprint density at radius 2 is 2.20 bits per heavy atom. The van der Waals surface area contributed by atoms with E-state index in [2.05, 4.69) is 17.1 Å². The molecule has 0 aliphatic heterocycles. The van der Waals surface area contributed by atoms with Crippen molar-refractivity contribution in [3.63, 3.8) is 0 Å². The number of ether oxygens (including phenoxy) is 1. The highest BCUT2D eigenvalue weighted by atomic mass is 16.5. The van der Waals surface area contributed by atoms with Crippen LogP contribution in [0.4, 0.5) is 0 Å². The molecule has 1 N–H and O–H groups in total. The van der Waals surface area contributed by atoms with Gasteiger partial charge in [0.2, 0.25) is 0 Å². The Balaban J connectivity index is 1.90. The zero-order valence-corrected chi connectivity index (χ0v) is 11.7. The maximum atomic E-state index is 9.92. The van der Waals surface area contributed by atoms with Crippen LogP contribution in [0.25, 0.3) is 11.5 Å². The van der Waals surface area contributed by atoms with Crippen LogP contribution in [0.15, 0.2) is 22.7 Å². The van der Waals surface area contributed by atoms with Crippen LogP contribution in [0.3, 0.4) is 0 Å². The van der Waals surface area contributed by atoms with Crippen molar-refractivity contribution in [1.29, 1.82) is 0 Å². The SMILES string of the molecule is COc1ccc(O)c(-c2nc(C3CCC(C)C3)no2)c1. The first-order valence-electron chi connectivity index (χ1n) is 6.88. The van der Waals surface area contributed by atoms with Crippen LogP contribution in [0, 0.1) is 5.92 Å². The molecule has 0 amide bonds. The van der Waals surface area contributed by atoms with E-state index in [1.807, 2.05) is 0 Å². The van der Waals surface area contributed by atoms with E-state index in [1.165, 1.54) is 6.42 Å². The summed E-state index contributed by atoms with van der Waals surface area (Å²) < 4.78 is 10.5. The largest absolute Gasteiger partial charge is 0.507 e. The summed E-state index contributed by atoms with van der Waals surface area (Å²) in [6.07, 6.45) is 3.41. The molecule has 5 heteroatoms. The predicted molar refractivity (Wildman–Crippen MR) is 73.7 cm³/mol. The normalized spacial score (nSPS) is 22.1. The Kier molecular flexibility index (Phi) is 3.34. The molecule has 2 unspecified atom stereocenters. The van der Waals surface area contributed by atoms with Crippen molar-refractivity contribution < 1.29 is 14.4 Å². The number of hydrogen-bond acceptors (Lipinski definition) is 5. The number of rotatable bonds is 3. The van der Waals surface area contributed by atoms with Crippen LogP contribution in [-0.2, 0) is 0 Å². The lowest BCUT2D eigenvalue weighted by atomic mass is 10.1. The van der Waals surface area contributed by atoms with Crippen LogP contribution in [0.1, 0.15) is 37.9 Å². The van der Waals surface area contributed by atoms with Gasteiger partial charge in [0.05, 0.1) is 12.7 Å². The number of aromatic hydroxyl groups is 1. The number of phenolic OH excluding ortho intramolecular Hbond substituents is 1. The lowest BCUT2D eigenvalue weighted by Gasteiger charge is -2.03. The number of phenols is 1. The Bertz CT molecular complexity index is 609. The van der Waals surface area contributed by atoms with Crippen molar-refractivity contribution in [1.82, 2.24) is 10.1 Å².